The highest BCUT2D eigenvalue weighted by molar-refractivity contribution is 5.78. The Hall–Kier alpha value is -1.41. The van der Waals surface area contributed by atoms with Crippen molar-refractivity contribution in [2.45, 2.75) is 31.7 Å². The second kappa shape index (κ2) is 4.46. The Labute approximate surface area is 102 Å². The first-order valence-electron chi connectivity index (χ1n) is 6.45. The van der Waals surface area contributed by atoms with Crippen LogP contribution in [0.3, 0.4) is 0 Å². The maximum absolute atomic E-state index is 6.36. The van der Waals surface area contributed by atoms with E-state index in [2.05, 4.69) is 29.2 Å². The molecule has 1 aliphatic rings. The summed E-state index contributed by atoms with van der Waals surface area (Å²) < 4.78 is 0. The number of nitrogens with zero attached hydrogens (tertiary/aromatic N) is 1. The number of rotatable bonds is 2. The van der Waals surface area contributed by atoms with E-state index in [0.29, 0.717) is 5.92 Å². The fourth-order valence-electron chi connectivity index (χ4n) is 2.88. The van der Waals surface area contributed by atoms with Gasteiger partial charge in [-0.05, 0) is 36.5 Å². The standard InChI is InChI=1S/C15H18N2/c16-15(12-4-1-2-5-12)13-8-7-11-6-3-9-17-14(11)10-13/h3,6-10,12,15H,1-2,4-5,16H2. The third-order valence-electron chi connectivity index (χ3n) is 3.92. The SMILES string of the molecule is NC(c1ccc2cccnc2c1)C1CCCC1. The second-order valence-electron chi connectivity index (χ2n) is 5.03. The first kappa shape index (κ1) is 10.7. The van der Waals surface area contributed by atoms with Crippen molar-refractivity contribution in [3.63, 3.8) is 0 Å². The van der Waals surface area contributed by atoms with Crippen LogP contribution in [-0.4, -0.2) is 4.98 Å². The van der Waals surface area contributed by atoms with Crippen LogP contribution in [0.15, 0.2) is 36.5 Å². The van der Waals surface area contributed by atoms with Crippen molar-refractivity contribution in [2.75, 3.05) is 0 Å². The van der Waals surface area contributed by atoms with Crippen molar-refractivity contribution in [1.82, 2.24) is 4.98 Å². The van der Waals surface area contributed by atoms with E-state index in [-0.39, 0.29) is 6.04 Å². The van der Waals surface area contributed by atoms with E-state index in [1.165, 1.54) is 36.6 Å². The minimum absolute atomic E-state index is 0.184. The average Bonchev–Trinajstić information content (AvgIpc) is 2.91. The normalized spacial score (nSPS) is 18.6. The van der Waals surface area contributed by atoms with Crippen LogP contribution in [0.4, 0.5) is 0 Å². The van der Waals surface area contributed by atoms with Crippen LogP contribution in [0, 0.1) is 5.92 Å². The van der Waals surface area contributed by atoms with Gasteiger partial charge < -0.3 is 5.73 Å². The van der Waals surface area contributed by atoms with Crippen molar-refractivity contribution in [2.24, 2.45) is 11.7 Å². The van der Waals surface area contributed by atoms with Gasteiger partial charge in [-0.15, -0.1) is 0 Å². The van der Waals surface area contributed by atoms with Gasteiger partial charge >= 0.3 is 0 Å². The molecule has 2 nitrogen and oxygen atoms in total. The van der Waals surface area contributed by atoms with Crippen LogP contribution in [0.25, 0.3) is 10.9 Å². The maximum atomic E-state index is 6.36. The van der Waals surface area contributed by atoms with Gasteiger partial charge in [-0.25, -0.2) is 0 Å². The number of fused-ring (bicyclic) bond motifs is 1. The van der Waals surface area contributed by atoms with Crippen LogP contribution in [-0.2, 0) is 0 Å². The maximum Gasteiger partial charge on any atom is 0.0705 e. The lowest BCUT2D eigenvalue weighted by Gasteiger charge is -2.19. The molecule has 0 bridgehead atoms. The van der Waals surface area contributed by atoms with Gasteiger partial charge in [-0.3, -0.25) is 4.98 Å². The van der Waals surface area contributed by atoms with E-state index < -0.39 is 0 Å². The van der Waals surface area contributed by atoms with Crippen LogP contribution >= 0.6 is 0 Å². The molecule has 0 amide bonds. The van der Waals surface area contributed by atoms with Crippen LogP contribution in [0.5, 0.6) is 0 Å². The molecular weight excluding hydrogens is 208 g/mol. The summed E-state index contributed by atoms with van der Waals surface area (Å²) in [6, 6.07) is 10.7. The molecule has 1 saturated carbocycles. The largest absolute Gasteiger partial charge is 0.324 e. The highest BCUT2D eigenvalue weighted by Gasteiger charge is 2.23. The summed E-state index contributed by atoms with van der Waals surface area (Å²) in [5.74, 6) is 0.663. The lowest BCUT2D eigenvalue weighted by molar-refractivity contribution is 0.445. The van der Waals surface area contributed by atoms with Crippen molar-refractivity contribution in [3.8, 4) is 0 Å². The van der Waals surface area contributed by atoms with E-state index in [1.807, 2.05) is 12.3 Å². The molecule has 0 saturated heterocycles. The van der Waals surface area contributed by atoms with Gasteiger partial charge in [0.15, 0.2) is 0 Å². The summed E-state index contributed by atoms with van der Waals surface area (Å²) in [4.78, 5) is 4.40. The van der Waals surface area contributed by atoms with E-state index in [4.69, 9.17) is 5.73 Å². The minimum Gasteiger partial charge on any atom is -0.324 e. The van der Waals surface area contributed by atoms with E-state index in [1.54, 1.807) is 0 Å². The molecule has 2 N–H and O–H groups in total. The molecule has 3 rings (SSSR count). The summed E-state index contributed by atoms with van der Waals surface area (Å²) >= 11 is 0. The fourth-order valence-corrected chi connectivity index (χ4v) is 2.88. The lowest BCUT2D eigenvalue weighted by atomic mass is 9.92. The fraction of sp³-hybridized carbons (Fsp3) is 0.400. The highest BCUT2D eigenvalue weighted by atomic mass is 14.7. The zero-order valence-electron chi connectivity index (χ0n) is 9.97. The molecule has 0 radical (unpaired) electrons. The van der Waals surface area contributed by atoms with Gasteiger partial charge in [0.25, 0.3) is 0 Å². The van der Waals surface area contributed by atoms with Gasteiger partial charge in [0.1, 0.15) is 0 Å². The average molecular weight is 226 g/mol. The molecule has 0 aliphatic heterocycles. The van der Waals surface area contributed by atoms with Crippen LogP contribution in [0.2, 0.25) is 0 Å². The Bertz CT molecular complexity index is 515. The predicted octanol–water partition coefficient (Wildman–Crippen LogP) is 3.42. The Balaban J connectivity index is 1.94. The third-order valence-corrected chi connectivity index (χ3v) is 3.92. The minimum atomic E-state index is 0.184. The topological polar surface area (TPSA) is 38.9 Å². The molecular formula is C15H18N2. The molecule has 1 aromatic carbocycles. The van der Waals surface area contributed by atoms with Gasteiger partial charge in [0.2, 0.25) is 0 Å². The lowest BCUT2D eigenvalue weighted by Crippen LogP contribution is -2.18. The Kier molecular flexibility index (Phi) is 2.81. The molecule has 1 unspecified atom stereocenters. The monoisotopic (exact) mass is 226 g/mol. The predicted molar refractivity (Wildman–Crippen MR) is 70.6 cm³/mol. The molecule has 2 heteroatoms. The van der Waals surface area contributed by atoms with E-state index in [0.717, 1.165) is 5.52 Å². The Morgan fingerprint density at radius 3 is 2.82 bits per heavy atom. The van der Waals surface area contributed by atoms with Crippen molar-refractivity contribution in [3.05, 3.63) is 42.1 Å². The van der Waals surface area contributed by atoms with Gasteiger partial charge in [0, 0.05) is 17.6 Å². The van der Waals surface area contributed by atoms with Crippen LogP contribution < -0.4 is 5.73 Å². The molecule has 17 heavy (non-hydrogen) atoms. The quantitative estimate of drug-likeness (QED) is 0.852. The first-order chi connectivity index (χ1) is 8.34. The van der Waals surface area contributed by atoms with E-state index in [9.17, 15) is 0 Å². The van der Waals surface area contributed by atoms with Crippen molar-refractivity contribution in [1.29, 1.82) is 0 Å². The molecule has 88 valence electrons. The summed E-state index contributed by atoms with van der Waals surface area (Å²) in [7, 11) is 0. The van der Waals surface area contributed by atoms with Crippen molar-refractivity contribution < 1.29 is 0 Å². The van der Waals surface area contributed by atoms with E-state index >= 15 is 0 Å². The van der Waals surface area contributed by atoms with Gasteiger partial charge in [-0.2, -0.15) is 0 Å². The number of nitrogens with two attached hydrogens (primary N) is 1. The second-order valence-corrected chi connectivity index (χ2v) is 5.03. The van der Waals surface area contributed by atoms with Gasteiger partial charge in [0.05, 0.1) is 5.52 Å². The third kappa shape index (κ3) is 2.05. The number of benzene rings is 1. The molecule has 1 aliphatic carbocycles. The summed E-state index contributed by atoms with van der Waals surface area (Å²) in [5.41, 5.74) is 8.66. The van der Waals surface area contributed by atoms with Gasteiger partial charge in [-0.1, -0.05) is 31.0 Å². The summed E-state index contributed by atoms with van der Waals surface area (Å²) in [5, 5.41) is 1.19. The molecule has 1 fully saturated rings. The number of aromatic nitrogens is 1. The first-order valence-corrected chi connectivity index (χ1v) is 6.45. The highest BCUT2D eigenvalue weighted by Crippen LogP contribution is 2.34. The molecule has 0 spiro atoms. The Morgan fingerprint density at radius 2 is 2.00 bits per heavy atom. The smallest absolute Gasteiger partial charge is 0.0705 e. The summed E-state index contributed by atoms with van der Waals surface area (Å²) in [6.07, 6.45) is 7.07. The summed E-state index contributed by atoms with van der Waals surface area (Å²) in [6.45, 7) is 0. The zero-order valence-corrected chi connectivity index (χ0v) is 9.97. The molecule has 1 aromatic heterocycles. The molecule has 1 heterocycles. The number of hydrogen-bond donors (Lipinski definition) is 1. The zero-order chi connectivity index (χ0) is 11.7. The number of pyridine rings is 1. The molecule has 1 atom stereocenters. The van der Waals surface area contributed by atoms with Crippen molar-refractivity contribution >= 4 is 10.9 Å². The Morgan fingerprint density at radius 1 is 1.18 bits per heavy atom. The molecule has 2 aromatic rings. The van der Waals surface area contributed by atoms with Crippen LogP contribution in [0.1, 0.15) is 37.3 Å². The number of hydrogen-bond acceptors (Lipinski definition) is 2.